The Hall–Kier alpha value is -3.75. The second-order valence-corrected chi connectivity index (χ2v) is 7.27. The molecule has 1 amide bonds. The summed E-state index contributed by atoms with van der Waals surface area (Å²) in [7, 11) is 0. The molecule has 0 saturated heterocycles. The molecule has 0 spiro atoms. The largest absolute Gasteiger partial charge is 0.452 e. The van der Waals surface area contributed by atoms with Crippen LogP contribution in [0, 0.1) is 10.1 Å². The van der Waals surface area contributed by atoms with Crippen molar-refractivity contribution in [3.8, 4) is 0 Å². The minimum atomic E-state index is -1.01. The topological polar surface area (TPSA) is 116 Å². The Balaban J connectivity index is 1.72. The lowest BCUT2D eigenvalue weighted by Gasteiger charge is -2.12. The number of non-ortho nitro benzene ring substituents is 1. The van der Waals surface area contributed by atoms with Crippen molar-refractivity contribution in [2.45, 2.75) is 0 Å². The van der Waals surface area contributed by atoms with Crippen LogP contribution in [0.4, 0.5) is 11.4 Å². The number of ketones is 1. The fourth-order valence-corrected chi connectivity index (χ4v) is 3.10. The van der Waals surface area contributed by atoms with Gasteiger partial charge in [0, 0.05) is 28.3 Å². The zero-order valence-electron chi connectivity index (χ0n) is 16.2. The smallest absolute Gasteiger partial charge is 0.340 e. The molecule has 0 fully saturated rings. The van der Waals surface area contributed by atoms with E-state index >= 15 is 0 Å². The maximum Gasteiger partial charge on any atom is 0.340 e. The molecule has 0 heterocycles. The Bertz CT molecular complexity index is 1210. The van der Waals surface area contributed by atoms with Gasteiger partial charge < -0.3 is 10.1 Å². The zero-order valence-corrected chi connectivity index (χ0v) is 17.7. The molecular weight excluding hydrogens is 459 g/mol. The van der Waals surface area contributed by atoms with Crippen LogP contribution in [-0.2, 0) is 9.53 Å². The van der Waals surface area contributed by atoms with Crippen LogP contribution < -0.4 is 5.32 Å². The van der Waals surface area contributed by atoms with Crippen molar-refractivity contribution in [3.63, 3.8) is 0 Å². The highest BCUT2D eigenvalue weighted by molar-refractivity contribution is 6.33. The predicted molar refractivity (Wildman–Crippen MR) is 118 cm³/mol. The second kappa shape index (κ2) is 10.0. The van der Waals surface area contributed by atoms with Crippen molar-refractivity contribution < 1.29 is 24.0 Å². The van der Waals surface area contributed by atoms with Crippen LogP contribution in [0.5, 0.6) is 0 Å². The Labute approximate surface area is 191 Å². The van der Waals surface area contributed by atoms with E-state index in [1.165, 1.54) is 24.3 Å². The molecule has 0 radical (unpaired) electrons. The van der Waals surface area contributed by atoms with E-state index in [0.717, 1.165) is 12.1 Å². The number of amides is 1. The SMILES string of the molecule is O=C(COC(=O)c1cc([N+](=O)[O-])ccc1Cl)Nc1ccc(Cl)cc1C(=O)c1ccccc1. The predicted octanol–water partition coefficient (Wildman–Crippen LogP) is 4.93. The molecule has 1 N–H and O–H groups in total. The third kappa shape index (κ3) is 5.48. The number of benzene rings is 3. The van der Waals surface area contributed by atoms with Crippen molar-refractivity contribution in [2.24, 2.45) is 0 Å². The van der Waals surface area contributed by atoms with E-state index in [2.05, 4.69) is 5.32 Å². The van der Waals surface area contributed by atoms with Gasteiger partial charge in [0.1, 0.15) is 0 Å². The number of nitrogens with one attached hydrogen (secondary N) is 1. The van der Waals surface area contributed by atoms with E-state index < -0.39 is 23.4 Å². The van der Waals surface area contributed by atoms with Crippen LogP contribution in [-0.4, -0.2) is 29.2 Å². The first-order valence-electron chi connectivity index (χ1n) is 9.06. The van der Waals surface area contributed by atoms with Gasteiger partial charge in [0.2, 0.25) is 0 Å². The number of nitro groups is 1. The monoisotopic (exact) mass is 472 g/mol. The van der Waals surface area contributed by atoms with Gasteiger partial charge in [-0.1, -0.05) is 53.5 Å². The quantitative estimate of drug-likeness (QED) is 0.225. The highest BCUT2D eigenvalue weighted by atomic mass is 35.5. The second-order valence-electron chi connectivity index (χ2n) is 6.43. The van der Waals surface area contributed by atoms with Crippen LogP contribution in [0.1, 0.15) is 26.3 Å². The Morgan fingerprint density at radius 3 is 2.34 bits per heavy atom. The number of esters is 1. The van der Waals surface area contributed by atoms with E-state index in [1.54, 1.807) is 30.3 Å². The first kappa shape index (κ1) is 22.9. The molecule has 0 aliphatic heterocycles. The summed E-state index contributed by atoms with van der Waals surface area (Å²) in [6, 6.07) is 16.1. The molecule has 32 heavy (non-hydrogen) atoms. The van der Waals surface area contributed by atoms with E-state index in [4.69, 9.17) is 27.9 Å². The van der Waals surface area contributed by atoms with E-state index in [9.17, 15) is 24.5 Å². The number of anilines is 1. The van der Waals surface area contributed by atoms with Crippen molar-refractivity contribution in [3.05, 3.63) is 104 Å². The molecule has 0 atom stereocenters. The summed E-state index contributed by atoms with van der Waals surface area (Å²) in [5, 5.41) is 13.6. The van der Waals surface area contributed by atoms with Gasteiger partial charge >= 0.3 is 5.97 Å². The number of ether oxygens (including phenoxy) is 1. The molecule has 3 aromatic carbocycles. The Kier molecular flexibility index (Phi) is 7.19. The number of carbonyl (C=O) groups excluding carboxylic acids is 3. The maximum absolute atomic E-state index is 12.8. The summed E-state index contributed by atoms with van der Waals surface area (Å²) in [5.41, 5.74) is 0.135. The Morgan fingerprint density at radius 1 is 0.938 bits per heavy atom. The molecule has 0 unspecified atom stereocenters. The lowest BCUT2D eigenvalue weighted by atomic mass is 10.0. The van der Waals surface area contributed by atoms with Crippen LogP contribution >= 0.6 is 23.2 Å². The van der Waals surface area contributed by atoms with Crippen molar-refractivity contribution in [2.75, 3.05) is 11.9 Å². The van der Waals surface area contributed by atoms with Gasteiger partial charge in [-0.2, -0.15) is 0 Å². The maximum atomic E-state index is 12.8. The lowest BCUT2D eigenvalue weighted by Crippen LogP contribution is -2.22. The fourth-order valence-electron chi connectivity index (χ4n) is 2.74. The van der Waals surface area contributed by atoms with Crippen molar-refractivity contribution in [1.29, 1.82) is 0 Å². The standard InChI is InChI=1S/C22H14Cl2N2O6/c23-14-6-9-19(17(10-14)21(28)13-4-2-1-3-5-13)25-20(27)12-32-22(29)16-11-15(26(30)31)7-8-18(16)24/h1-11H,12H2,(H,25,27). The van der Waals surface area contributed by atoms with E-state index in [0.29, 0.717) is 10.6 Å². The number of hydrogen-bond acceptors (Lipinski definition) is 6. The molecule has 0 bridgehead atoms. The minimum Gasteiger partial charge on any atom is -0.452 e. The molecular formula is C22H14Cl2N2O6. The summed E-state index contributed by atoms with van der Waals surface area (Å²) < 4.78 is 4.92. The average molecular weight is 473 g/mol. The third-order valence-corrected chi connectivity index (χ3v) is 4.82. The molecule has 0 aromatic heterocycles. The van der Waals surface area contributed by atoms with Crippen molar-refractivity contribution in [1.82, 2.24) is 0 Å². The summed E-state index contributed by atoms with van der Waals surface area (Å²) >= 11 is 11.9. The number of nitro benzene ring substituents is 1. The molecule has 162 valence electrons. The van der Waals surface area contributed by atoms with E-state index in [1.807, 2.05) is 0 Å². The number of hydrogen-bond donors (Lipinski definition) is 1. The van der Waals surface area contributed by atoms with Gasteiger partial charge in [-0.25, -0.2) is 4.79 Å². The number of halogens is 2. The molecule has 0 saturated carbocycles. The summed E-state index contributed by atoms with van der Waals surface area (Å²) in [6.07, 6.45) is 0. The van der Waals surface area contributed by atoms with Gasteiger partial charge in [0.15, 0.2) is 12.4 Å². The molecule has 0 aliphatic carbocycles. The highest BCUT2D eigenvalue weighted by Crippen LogP contribution is 2.25. The summed E-state index contributed by atoms with van der Waals surface area (Å²) in [5.74, 6) is -2.10. The highest BCUT2D eigenvalue weighted by Gasteiger charge is 2.20. The first-order valence-corrected chi connectivity index (χ1v) is 9.82. The first-order chi connectivity index (χ1) is 15.3. The van der Waals surface area contributed by atoms with Gasteiger partial charge in [-0.3, -0.25) is 19.7 Å². The molecule has 3 aromatic rings. The third-order valence-electron chi connectivity index (χ3n) is 4.25. The van der Waals surface area contributed by atoms with Crippen LogP contribution in [0.2, 0.25) is 10.0 Å². The normalized spacial score (nSPS) is 10.3. The number of nitrogens with zero attached hydrogens (tertiary/aromatic N) is 1. The van der Waals surface area contributed by atoms with E-state index in [-0.39, 0.29) is 33.3 Å². The van der Waals surface area contributed by atoms with Gasteiger partial charge in [0.05, 0.1) is 21.2 Å². The van der Waals surface area contributed by atoms with Crippen molar-refractivity contribution >= 4 is 52.2 Å². The van der Waals surface area contributed by atoms with Crippen LogP contribution in [0.15, 0.2) is 66.7 Å². The zero-order chi connectivity index (χ0) is 23.3. The minimum absolute atomic E-state index is 0.0607. The molecule has 10 heteroatoms. The average Bonchev–Trinajstić information content (AvgIpc) is 2.79. The van der Waals surface area contributed by atoms with Gasteiger partial charge in [-0.05, 0) is 24.3 Å². The van der Waals surface area contributed by atoms with Gasteiger partial charge in [-0.15, -0.1) is 0 Å². The number of carbonyl (C=O) groups is 3. The Morgan fingerprint density at radius 2 is 1.66 bits per heavy atom. The van der Waals surface area contributed by atoms with Crippen LogP contribution in [0.25, 0.3) is 0 Å². The molecule has 8 nitrogen and oxygen atoms in total. The summed E-state index contributed by atoms with van der Waals surface area (Å²) in [6.45, 7) is -0.709. The fraction of sp³-hybridized carbons (Fsp3) is 0.0455. The number of rotatable bonds is 7. The molecule has 3 rings (SSSR count). The summed E-state index contributed by atoms with van der Waals surface area (Å²) in [4.78, 5) is 47.6. The lowest BCUT2D eigenvalue weighted by molar-refractivity contribution is -0.384. The molecule has 0 aliphatic rings. The van der Waals surface area contributed by atoms with Crippen LogP contribution in [0.3, 0.4) is 0 Å². The van der Waals surface area contributed by atoms with Gasteiger partial charge in [0.25, 0.3) is 11.6 Å².